The first-order valence-corrected chi connectivity index (χ1v) is 6.47. The number of aryl methyl sites for hydroxylation is 1. The second kappa shape index (κ2) is 5.65. The minimum absolute atomic E-state index is 0.183. The van der Waals surface area contributed by atoms with Crippen LogP contribution >= 0.6 is 15.9 Å². The zero-order valence-corrected chi connectivity index (χ0v) is 12.6. The number of ether oxygens (including phenoxy) is 1. The average molecular weight is 313 g/mol. The summed E-state index contributed by atoms with van der Waals surface area (Å²) in [6.07, 6.45) is 0. The van der Waals surface area contributed by atoms with Gasteiger partial charge in [-0.25, -0.2) is 0 Å². The lowest BCUT2D eigenvalue weighted by Crippen LogP contribution is -2.25. The smallest absolute Gasteiger partial charge is 0.311 e. The number of esters is 1. The summed E-state index contributed by atoms with van der Waals surface area (Å²) < 4.78 is 5.93. The van der Waals surface area contributed by atoms with Gasteiger partial charge in [-0.2, -0.15) is 0 Å². The van der Waals surface area contributed by atoms with Gasteiger partial charge in [0.15, 0.2) is 6.61 Å². The predicted molar refractivity (Wildman–Crippen MR) is 73.6 cm³/mol. The van der Waals surface area contributed by atoms with Gasteiger partial charge in [0.1, 0.15) is 0 Å². The Hall–Kier alpha value is -1.16. The molecule has 0 heterocycles. The number of ketones is 1. The van der Waals surface area contributed by atoms with Crippen LogP contribution in [0, 0.1) is 12.3 Å². The van der Waals surface area contributed by atoms with E-state index >= 15 is 0 Å². The molecule has 0 fully saturated rings. The van der Waals surface area contributed by atoms with Gasteiger partial charge in [0, 0.05) is 10.0 Å². The number of halogens is 1. The zero-order valence-electron chi connectivity index (χ0n) is 11.0. The summed E-state index contributed by atoms with van der Waals surface area (Å²) in [5.74, 6) is -0.553. The molecular formula is C14H17BrO3. The summed E-state index contributed by atoms with van der Waals surface area (Å²) in [5, 5.41) is 0. The van der Waals surface area contributed by atoms with Crippen LogP contribution in [0.3, 0.4) is 0 Å². The first-order chi connectivity index (χ1) is 8.21. The van der Waals surface area contributed by atoms with Crippen LogP contribution in [0.15, 0.2) is 22.7 Å². The third-order valence-corrected chi connectivity index (χ3v) is 2.93. The van der Waals surface area contributed by atoms with E-state index < -0.39 is 5.41 Å². The second-order valence-electron chi connectivity index (χ2n) is 5.21. The van der Waals surface area contributed by atoms with Gasteiger partial charge >= 0.3 is 5.97 Å². The van der Waals surface area contributed by atoms with E-state index in [-0.39, 0.29) is 18.4 Å². The summed E-state index contributed by atoms with van der Waals surface area (Å²) in [6, 6.07) is 5.39. The first-order valence-electron chi connectivity index (χ1n) is 5.68. The molecule has 0 aliphatic carbocycles. The van der Waals surface area contributed by atoms with Gasteiger partial charge in [-0.15, -0.1) is 0 Å². The van der Waals surface area contributed by atoms with Crippen molar-refractivity contribution in [3.63, 3.8) is 0 Å². The number of benzene rings is 1. The average Bonchev–Trinajstić information content (AvgIpc) is 2.24. The highest BCUT2D eigenvalue weighted by atomic mass is 79.9. The van der Waals surface area contributed by atoms with Crippen molar-refractivity contribution >= 4 is 27.7 Å². The molecule has 1 rings (SSSR count). The van der Waals surface area contributed by atoms with Crippen LogP contribution in [0.2, 0.25) is 0 Å². The minimum atomic E-state index is -0.588. The molecule has 0 spiro atoms. The number of carbonyl (C=O) groups is 2. The summed E-state index contributed by atoms with van der Waals surface area (Å²) in [5.41, 5.74) is 0.857. The van der Waals surface area contributed by atoms with Crippen molar-refractivity contribution in [3.8, 4) is 0 Å². The Balaban J connectivity index is 2.70. The summed E-state index contributed by atoms with van der Waals surface area (Å²) >= 11 is 3.34. The van der Waals surface area contributed by atoms with Crippen LogP contribution in [0.1, 0.15) is 36.7 Å². The molecule has 0 amide bonds. The predicted octanol–water partition coefficient (Wildman–Crippen LogP) is 3.53. The summed E-state index contributed by atoms with van der Waals surface area (Å²) in [7, 11) is 0. The molecule has 0 saturated carbocycles. The van der Waals surface area contributed by atoms with Gasteiger partial charge in [-0.1, -0.05) is 15.9 Å². The lowest BCUT2D eigenvalue weighted by molar-refractivity contribution is -0.151. The largest absolute Gasteiger partial charge is 0.457 e. The van der Waals surface area contributed by atoms with E-state index in [2.05, 4.69) is 15.9 Å². The van der Waals surface area contributed by atoms with E-state index in [1.807, 2.05) is 13.0 Å². The molecule has 18 heavy (non-hydrogen) atoms. The van der Waals surface area contributed by atoms with Gasteiger partial charge in [-0.05, 0) is 51.5 Å². The van der Waals surface area contributed by atoms with Crippen LogP contribution in [0.5, 0.6) is 0 Å². The third-order valence-electron chi connectivity index (χ3n) is 2.44. The molecule has 98 valence electrons. The third kappa shape index (κ3) is 3.95. The van der Waals surface area contributed by atoms with E-state index in [1.165, 1.54) is 0 Å². The van der Waals surface area contributed by atoms with Gasteiger partial charge in [0.05, 0.1) is 5.41 Å². The highest BCUT2D eigenvalue weighted by Crippen LogP contribution is 2.18. The second-order valence-corrected chi connectivity index (χ2v) is 6.12. The van der Waals surface area contributed by atoms with E-state index in [4.69, 9.17) is 4.74 Å². The minimum Gasteiger partial charge on any atom is -0.457 e. The number of hydrogen-bond acceptors (Lipinski definition) is 3. The molecular weight excluding hydrogens is 296 g/mol. The molecule has 0 N–H and O–H groups in total. The van der Waals surface area contributed by atoms with Crippen molar-refractivity contribution in [2.24, 2.45) is 5.41 Å². The monoisotopic (exact) mass is 312 g/mol. The standard InChI is InChI=1S/C14H17BrO3/c1-9-7-10(15)5-6-11(9)12(16)8-18-13(17)14(2,3)4/h5-7H,8H2,1-4H3. The Kier molecular flexibility index (Phi) is 4.68. The quantitative estimate of drug-likeness (QED) is 0.633. The molecule has 1 aromatic rings. The Labute approximate surface area is 116 Å². The van der Waals surface area contributed by atoms with Crippen LogP contribution < -0.4 is 0 Å². The van der Waals surface area contributed by atoms with Crippen molar-refractivity contribution in [2.75, 3.05) is 6.61 Å². The maximum Gasteiger partial charge on any atom is 0.311 e. The van der Waals surface area contributed by atoms with Crippen molar-refractivity contribution in [1.29, 1.82) is 0 Å². The van der Waals surface area contributed by atoms with Crippen LogP contribution in [0.25, 0.3) is 0 Å². The SMILES string of the molecule is Cc1cc(Br)ccc1C(=O)COC(=O)C(C)(C)C. The number of hydrogen-bond donors (Lipinski definition) is 0. The normalized spacial score (nSPS) is 11.2. The molecule has 0 aromatic heterocycles. The molecule has 3 nitrogen and oxygen atoms in total. The van der Waals surface area contributed by atoms with Gasteiger partial charge in [-0.3, -0.25) is 9.59 Å². The topological polar surface area (TPSA) is 43.4 Å². The van der Waals surface area contributed by atoms with Gasteiger partial charge < -0.3 is 4.74 Å². The Morgan fingerprint density at radius 3 is 2.39 bits per heavy atom. The maximum atomic E-state index is 11.9. The highest BCUT2D eigenvalue weighted by Gasteiger charge is 2.24. The lowest BCUT2D eigenvalue weighted by Gasteiger charge is -2.16. The molecule has 0 unspecified atom stereocenters. The molecule has 0 saturated heterocycles. The Morgan fingerprint density at radius 2 is 1.89 bits per heavy atom. The summed E-state index contributed by atoms with van der Waals surface area (Å²) in [4.78, 5) is 23.5. The van der Waals surface area contributed by atoms with Crippen molar-refractivity contribution in [3.05, 3.63) is 33.8 Å². The fraction of sp³-hybridized carbons (Fsp3) is 0.429. The number of carbonyl (C=O) groups excluding carboxylic acids is 2. The van der Waals surface area contributed by atoms with Crippen molar-refractivity contribution < 1.29 is 14.3 Å². The Morgan fingerprint density at radius 1 is 1.28 bits per heavy atom. The fourth-order valence-corrected chi connectivity index (χ4v) is 1.84. The van der Waals surface area contributed by atoms with E-state index in [9.17, 15) is 9.59 Å². The number of Topliss-reactive ketones (excluding diaryl/α,β-unsaturated/α-hetero) is 1. The van der Waals surface area contributed by atoms with Gasteiger partial charge in [0.2, 0.25) is 5.78 Å². The highest BCUT2D eigenvalue weighted by molar-refractivity contribution is 9.10. The zero-order chi connectivity index (χ0) is 13.9. The molecule has 0 aliphatic rings. The van der Waals surface area contributed by atoms with Crippen LogP contribution in [-0.4, -0.2) is 18.4 Å². The van der Waals surface area contributed by atoms with Gasteiger partial charge in [0.25, 0.3) is 0 Å². The lowest BCUT2D eigenvalue weighted by atomic mass is 9.97. The fourth-order valence-electron chi connectivity index (χ4n) is 1.37. The van der Waals surface area contributed by atoms with E-state index in [0.29, 0.717) is 5.56 Å². The molecule has 4 heteroatoms. The summed E-state index contributed by atoms with van der Waals surface area (Å²) in [6.45, 7) is 6.90. The van der Waals surface area contributed by atoms with E-state index in [1.54, 1.807) is 32.9 Å². The molecule has 0 atom stereocenters. The van der Waals surface area contributed by atoms with Crippen LogP contribution in [-0.2, 0) is 9.53 Å². The van der Waals surface area contributed by atoms with Crippen molar-refractivity contribution in [2.45, 2.75) is 27.7 Å². The molecule has 1 aromatic carbocycles. The van der Waals surface area contributed by atoms with E-state index in [0.717, 1.165) is 10.0 Å². The number of rotatable bonds is 3. The maximum absolute atomic E-state index is 11.9. The molecule has 0 radical (unpaired) electrons. The molecule has 0 aliphatic heterocycles. The van der Waals surface area contributed by atoms with Crippen molar-refractivity contribution in [1.82, 2.24) is 0 Å². The molecule has 0 bridgehead atoms. The Bertz CT molecular complexity index is 472. The van der Waals surface area contributed by atoms with Crippen LogP contribution in [0.4, 0.5) is 0 Å². The first kappa shape index (κ1) is 14.9.